The summed E-state index contributed by atoms with van der Waals surface area (Å²) < 4.78 is 15.6. The van der Waals surface area contributed by atoms with Crippen molar-refractivity contribution in [2.75, 3.05) is 0 Å². The zero-order valence-corrected chi connectivity index (χ0v) is 12.7. The first-order valence-electron chi connectivity index (χ1n) is 6.23. The standard InChI is InChI=1S/C14H13BrFN3O/c1-14(2)13(20)17-7-10-18-11(12(15)19(10)14)8-3-5-9(16)6-4-8/h3-6H,7H2,1-2H3,(H,17,20). The van der Waals surface area contributed by atoms with E-state index < -0.39 is 5.54 Å². The van der Waals surface area contributed by atoms with Gasteiger partial charge in [-0.05, 0) is 54.0 Å². The quantitative estimate of drug-likeness (QED) is 0.869. The Labute approximate surface area is 124 Å². The van der Waals surface area contributed by atoms with Gasteiger partial charge in [0.15, 0.2) is 0 Å². The Morgan fingerprint density at radius 1 is 1.35 bits per heavy atom. The van der Waals surface area contributed by atoms with Crippen LogP contribution in [0.1, 0.15) is 19.7 Å². The van der Waals surface area contributed by atoms with Gasteiger partial charge in [0.2, 0.25) is 5.91 Å². The van der Waals surface area contributed by atoms with E-state index in [1.165, 1.54) is 12.1 Å². The molecule has 6 heteroatoms. The van der Waals surface area contributed by atoms with Gasteiger partial charge in [0.1, 0.15) is 27.5 Å². The number of benzene rings is 1. The van der Waals surface area contributed by atoms with Crippen LogP contribution in [-0.4, -0.2) is 15.5 Å². The lowest BCUT2D eigenvalue weighted by Gasteiger charge is -2.32. The minimum absolute atomic E-state index is 0.0474. The van der Waals surface area contributed by atoms with Crippen molar-refractivity contribution in [2.24, 2.45) is 0 Å². The van der Waals surface area contributed by atoms with Gasteiger partial charge in [-0.1, -0.05) is 0 Å². The van der Waals surface area contributed by atoms with Crippen LogP contribution in [0.15, 0.2) is 28.9 Å². The number of amides is 1. The molecule has 0 spiro atoms. The number of hydrogen-bond acceptors (Lipinski definition) is 2. The number of imidazole rings is 1. The zero-order chi connectivity index (χ0) is 14.5. The summed E-state index contributed by atoms with van der Waals surface area (Å²) in [7, 11) is 0. The molecule has 0 fully saturated rings. The molecule has 104 valence electrons. The van der Waals surface area contributed by atoms with Gasteiger partial charge in [-0.3, -0.25) is 4.79 Å². The molecule has 1 aliphatic rings. The molecule has 1 aromatic carbocycles. The third-order valence-electron chi connectivity index (χ3n) is 3.53. The van der Waals surface area contributed by atoms with E-state index in [1.807, 2.05) is 18.4 Å². The van der Waals surface area contributed by atoms with Crippen molar-refractivity contribution >= 4 is 21.8 Å². The summed E-state index contributed by atoms with van der Waals surface area (Å²) in [5.41, 5.74) is 0.811. The molecule has 2 heterocycles. The van der Waals surface area contributed by atoms with Crippen molar-refractivity contribution in [3.05, 3.63) is 40.5 Å². The Bertz CT molecular complexity index is 691. The van der Waals surface area contributed by atoms with Crippen molar-refractivity contribution in [3.63, 3.8) is 0 Å². The Balaban J connectivity index is 2.17. The molecule has 4 nitrogen and oxygen atoms in total. The second-order valence-corrected chi connectivity index (χ2v) is 6.00. The highest BCUT2D eigenvalue weighted by Gasteiger charge is 2.38. The zero-order valence-electron chi connectivity index (χ0n) is 11.1. The lowest BCUT2D eigenvalue weighted by molar-refractivity contribution is -0.130. The van der Waals surface area contributed by atoms with Crippen LogP contribution in [0.3, 0.4) is 0 Å². The number of carbonyl (C=O) groups is 1. The SMILES string of the molecule is CC1(C)C(=O)NCc2nc(-c3ccc(F)cc3)c(Br)n21. The molecule has 0 aliphatic carbocycles. The highest BCUT2D eigenvalue weighted by Crippen LogP contribution is 2.35. The molecule has 20 heavy (non-hydrogen) atoms. The molecule has 0 atom stereocenters. The monoisotopic (exact) mass is 337 g/mol. The number of nitrogens with one attached hydrogen (secondary N) is 1. The van der Waals surface area contributed by atoms with E-state index in [1.54, 1.807) is 12.1 Å². The molecule has 0 unspecified atom stereocenters. The van der Waals surface area contributed by atoms with Crippen molar-refractivity contribution in [3.8, 4) is 11.3 Å². The topological polar surface area (TPSA) is 46.9 Å². The molecule has 2 aromatic rings. The summed E-state index contributed by atoms with van der Waals surface area (Å²) in [6, 6.07) is 6.15. The predicted octanol–water partition coefficient (Wildman–Crippen LogP) is 2.82. The van der Waals surface area contributed by atoms with Crippen LogP contribution in [0, 0.1) is 5.82 Å². The predicted molar refractivity (Wildman–Crippen MR) is 76.5 cm³/mol. The molecule has 1 amide bonds. The summed E-state index contributed by atoms with van der Waals surface area (Å²) in [5.74, 6) is 0.445. The Hall–Kier alpha value is -1.69. The Morgan fingerprint density at radius 2 is 2.00 bits per heavy atom. The maximum atomic E-state index is 13.0. The lowest BCUT2D eigenvalue weighted by atomic mass is 10.0. The highest BCUT2D eigenvalue weighted by molar-refractivity contribution is 9.10. The number of aromatic nitrogens is 2. The summed E-state index contributed by atoms with van der Waals surface area (Å²) in [4.78, 5) is 16.6. The number of halogens is 2. The van der Waals surface area contributed by atoms with Crippen LogP contribution in [0.2, 0.25) is 0 Å². The van der Waals surface area contributed by atoms with E-state index in [0.717, 1.165) is 16.0 Å². The van der Waals surface area contributed by atoms with Crippen molar-refractivity contribution in [2.45, 2.75) is 25.9 Å². The molecule has 1 N–H and O–H groups in total. The molecule has 1 aromatic heterocycles. The fourth-order valence-electron chi connectivity index (χ4n) is 2.40. The lowest BCUT2D eigenvalue weighted by Crippen LogP contribution is -2.49. The molecular weight excluding hydrogens is 325 g/mol. The Kier molecular flexibility index (Phi) is 2.93. The van der Waals surface area contributed by atoms with E-state index in [9.17, 15) is 9.18 Å². The van der Waals surface area contributed by atoms with E-state index in [4.69, 9.17) is 0 Å². The van der Waals surface area contributed by atoms with Crippen LogP contribution in [0.4, 0.5) is 4.39 Å². The molecular formula is C14H13BrFN3O. The highest BCUT2D eigenvalue weighted by atomic mass is 79.9. The fourth-order valence-corrected chi connectivity index (χ4v) is 3.37. The number of fused-ring (bicyclic) bond motifs is 1. The second kappa shape index (κ2) is 4.41. The van der Waals surface area contributed by atoms with Gasteiger partial charge in [0.25, 0.3) is 0 Å². The van der Waals surface area contributed by atoms with Crippen LogP contribution in [-0.2, 0) is 16.9 Å². The number of rotatable bonds is 1. The molecule has 0 radical (unpaired) electrons. The average Bonchev–Trinajstić information content (AvgIpc) is 2.74. The van der Waals surface area contributed by atoms with Gasteiger partial charge in [-0.25, -0.2) is 9.37 Å². The number of nitrogens with zero attached hydrogens (tertiary/aromatic N) is 2. The molecule has 1 aliphatic heterocycles. The third kappa shape index (κ3) is 1.86. The smallest absolute Gasteiger partial charge is 0.246 e. The van der Waals surface area contributed by atoms with Crippen molar-refractivity contribution in [1.29, 1.82) is 0 Å². The molecule has 3 rings (SSSR count). The number of carbonyl (C=O) groups excluding carboxylic acids is 1. The van der Waals surface area contributed by atoms with Crippen molar-refractivity contribution in [1.82, 2.24) is 14.9 Å². The fraction of sp³-hybridized carbons (Fsp3) is 0.286. The molecule has 0 saturated carbocycles. The average molecular weight is 338 g/mol. The van der Waals surface area contributed by atoms with Gasteiger partial charge < -0.3 is 9.88 Å². The Morgan fingerprint density at radius 3 is 2.65 bits per heavy atom. The van der Waals surface area contributed by atoms with E-state index >= 15 is 0 Å². The van der Waals surface area contributed by atoms with Crippen LogP contribution in [0.25, 0.3) is 11.3 Å². The summed E-state index contributed by atoms with van der Waals surface area (Å²) in [6.45, 7) is 4.07. The van der Waals surface area contributed by atoms with E-state index in [2.05, 4.69) is 26.2 Å². The van der Waals surface area contributed by atoms with Crippen LogP contribution in [0.5, 0.6) is 0 Å². The van der Waals surface area contributed by atoms with Gasteiger partial charge in [-0.2, -0.15) is 0 Å². The summed E-state index contributed by atoms with van der Waals surface area (Å²) in [5, 5.41) is 2.83. The van der Waals surface area contributed by atoms with Gasteiger partial charge in [0, 0.05) is 5.56 Å². The minimum atomic E-state index is -0.711. The van der Waals surface area contributed by atoms with E-state index in [0.29, 0.717) is 12.2 Å². The number of hydrogen-bond donors (Lipinski definition) is 1. The summed E-state index contributed by atoms with van der Waals surface area (Å²) >= 11 is 3.52. The largest absolute Gasteiger partial charge is 0.347 e. The van der Waals surface area contributed by atoms with Crippen LogP contribution >= 0.6 is 15.9 Å². The molecule has 0 bridgehead atoms. The first-order valence-corrected chi connectivity index (χ1v) is 7.02. The van der Waals surface area contributed by atoms with E-state index in [-0.39, 0.29) is 11.7 Å². The first-order chi connectivity index (χ1) is 9.41. The molecule has 0 saturated heterocycles. The maximum absolute atomic E-state index is 13.0. The summed E-state index contributed by atoms with van der Waals surface area (Å²) in [6.07, 6.45) is 0. The van der Waals surface area contributed by atoms with Crippen molar-refractivity contribution < 1.29 is 9.18 Å². The van der Waals surface area contributed by atoms with Gasteiger partial charge >= 0.3 is 0 Å². The first kappa shape index (κ1) is 13.3. The van der Waals surface area contributed by atoms with Gasteiger partial charge in [-0.15, -0.1) is 0 Å². The van der Waals surface area contributed by atoms with Gasteiger partial charge in [0.05, 0.1) is 6.54 Å². The maximum Gasteiger partial charge on any atom is 0.246 e. The minimum Gasteiger partial charge on any atom is -0.347 e. The third-order valence-corrected chi connectivity index (χ3v) is 4.26. The van der Waals surface area contributed by atoms with Crippen LogP contribution < -0.4 is 5.32 Å². The normalized spacial score (nSPS) is 16.7. The second-order valence-electron chi connectivity index (χ2n) is 5.25.